The van der Waals surface area contributed by atoms with Crippen molar-refractivity contribution in [3.05, 3.63) is 36.6 Å². The van der Waals surface area contributed by atoms with Crippen LogP contribution in [0.3, 0.4) is 0 Å². The first-order valence-corrected chi connectivity index (χ1v) is 15.4. The highest BCUT2D eigenvalue weighted by atomic mass is 19.1. The number of hydrogen-bond acceptors (Lipinski definition) is 10. The van der Waals surface area contributed by atoms with Gasteiger partial charge in [0.05, 0.1) is 32.9 Å². The van der Waals surface area contributed by atoms with Crippen molar-refractivity contribution in [2.45, 2.75) is 63.6 Å². The van der Waals surface area contributed by atoms with Gasteiger partial charge < -0.3 is 34.1 Å². The molecule has 13 nitrogen and oxygen atoms in total. The normalized spacial score (nSPS) is 23.0. The first-order valence-electron chi connectivity index (χ1n) is 15.4. The minimum absolute atomic E-state index is 0.00205. The van der Waals surface area contributed by atoms with E-state index in [1.807, 2.05) is 6.07 Å². The first kappa shape index (κ1) is 34.6. The number of halogens is 1. The number of aliphatic imine (C=N–C) groups is 2. The molecule has 14 heteroatoms. The topological polar surface area (TPSA) is 137 Å². The number of likely N-dealkylation sites (tertiary alicyclic amines) is 1. The van der Waals surface area contributed by atoms with Gasteiger partial charge in [-0.15, -0.1) is 0 Å². The number of rotatable bonds is 9. The van der Waals surface area contributed by atoms with Gasteiger partial charge in [0, 0.05) is 39.1 Å². The molecule has 46 heavy (non-hydrogen) atoms. The second kappa shape index (κ2) is 14.9. The van der Waals surface area contributed by atoms with Crippen molar-refractivity contribution in [1.29, 1.82) is 5.26 Å². The van der Waals surface area contributed by atoms with Crippen LogP contribution in [-0.4, -0.2) is 123 Å². The average Bonchev–Trinajstić information content (AvgIpc) is 3.00. The van der Waals surface area contributed by atoms with E-state index < -0.39 is 29.5 Å². The number of pyridine rings is 1. The van der Waals surface area contributed by atoms with Gasteiger partial charge in [-0.25, -0.2) is 19.2 Å². The number of nitrogens with one attached hydrogen (secondary N) is 1. The van der Waals surface area contributed by atoms with Gasteiger partial charge in [-0.3, -0.25) is 4.90 Å². The van der Waals surface area contributed by atoms with E-state index in [-0.39, 0.29) is 31.2 Å². The van der Waals surface area contributed by atoms with E-state index in [2.05, 4.69) is 49.5 Å². The number of ether oxygens (including phenoxy) is 4. The van der Waals surface area contributed by atoms with Crippen LogP contribution in [0, 0.1) is 11.3 Å². The minimum Gasteiger partial charge on any atom is -0.488 e. The highest BCUT2D eigenvalue weighted by Crippen LogP contribution is 2.31. The predicted molar refractivity (Wildman–Crippen MR) is 174 cm³/mol. The SMILES string of the molecule is C=C/C=C(/O[C@H]1CCN(C(=O)OC(C)(C)C)C[C@H]1F)C(C)(C#N)N=C(N=C)Nc1ccc(N2CCN(C3COC3)CC2)c(OC)n1. The number of hydrogen-bond donors (Lipinski definition) is 1. The van der Waals surface area contributed by atoms with Crippen molar-refractivity contribution >= 4 is 30.3 Å². The number of guanidine groups is 1. The van der Waals surface area contributed by atoms with Gasteiger partial charge in [0.1, 0.15) is 35.0 Å². The fourth-order valence-corrected chi connectivity index (χ4v) is 5.31. The van der Waals surface area contributed by atoms with Gasteiger partial charge in [0.25, 0.3) is 0 Å². The third-order valence-corrected chi connectivity index (χ3v) is 7.92. The van der Waals surface area contributed by atoms with Crippen molar-refractivity contribution in [1.82, 2.24) is 14.8 Å². The fourth-order valence-electron chi connectivity index (χ4n) is 5.31. The zero-order valence-corrected chi connectivity index (χ0v) is 27.4. The summed E-state index contributed by atoms with van der Waals surface area (Å²) in [6.07, 6.45) is 0.0440. The zero-order chi connectivity index (χ0) is 33.5. The summed E-state index contributed by atoms with van der Waals surface area (Å²) in [5, 5.41) is 13.2. The molecule has 1 amide bonds. The second-order valence-electron chi connectivity index (χ2n) is 12.5. The van der Waals surface area contributed by atoms with Crippen LogP contribution in [-0.2, 0) is 14.2 Å². The lowest BCUT2D eigenvalue weighted by Crippen LogP contribution is -2.56. The average molecular weight is 641 g/mol. The van der Waals surface area contributed by atoms with Crippen LogP contribution < -0.4 is 15.0 Å². The Balaban J connectivity index is 1.45. The molecule has 4 rings (SSSR count). The summed E-state index contributed by atoms with van der Waals surface area (Å²) in [5.74, 6) is 0.877. The van der Waals surface area contributed by atoms with Crippen molar-refractivity contribution in [2.75, 3.05) is 69.8 Å². The Kier molecular flexibility index (Phi) is 11.2. The number of anilines is 2. The van der Waals surface area contributed by atoms with Crippen LogP contribution in [0.2, 0.25) is 0 Å². The van der Waals surface area contributed by atoms with Gasteiger partial charge in [-0.1, -0.05) is 12.7 Å². The van der Waals surface area contributed by atoms with Crippen LogP contribution in [0.4, 0.5) is 20.7 Å². The Bertz CT molecular complexity index is 1360. The van der Waals surface area contributed by atoms with Crippen LogP contribution in [0.15, 0.2) is 46.6 Å². The number of amides is 1. The molecule has 1 aromatic heterocycles. The number of alkyl halides is 1. The molecular weight excluding hydrogens is 595 g/mol. The largest absolute Gasteiger partial charge is 0.488 e. The molecule has 3 aliphatic rings. The quantitative estimate of drug-likeness (QED) is 0.184. The summed E-state index contributed by atoms with van der Waals surface area (Å²) in [4.78, 5) is 31.5. The number of piperazine rings is 1. The monoisotopic (exact) mass is 640 g/mol. The Labute approximate surface area is 270 Å². The standard InChI is InChI=1S/C32H45FN8O5/c1-8-9-26(45-25-12-13-41(18-23(25)33)30(42)46-31(2,3)4)32(5,21-34)38-29(35-6)37-27-11-10-24(28(36-27)43-7)40-16-14-39(15-17-40)22-19-44-20-22/h8-11,22-23,25H,1,6,12-20H2,2-5,7H3,(H,36,37,38)/b26-9+/t23-,25+,32?/m1/s1. The molecule has 1 aromatic rings. The fraction of sp³-hybridized carbons (Fsp3) is 0.594. The van der Waals surface area contributed by atoms with Crippen molar-refractivity contribution < 1.29 is 28.1 Å². The molecule has 3 aliphatic heterocycles. The lowest BCUT2D eigenvalue weighted by molar-refractivity contribution is -0.0660. The molecule has 0 spiro atoms. The lowest BCUT2D eigenvalue weighted by Gasteiger charge is -2.43. The second-order valence-corrected chi connectivity index (χ2v) is 12.5. The Hall–Kier alpha value is -4.22. The summed E-state index contributed by atoms with van der Waals surface area (Å²) in [6.45, 7) is 19.2. The molecule has 0 radical (unpaired) electrons. The number of allylic oxidation sites excluding steroid dienone is 2. The summed E-state index contributed by atoms with van der Waals surface area (Å²) < 4.78 is 37.7. The number of nitriles is 1. The van der Waals surface area contributed by atoms with E-state index >= 15 is 4.39 Å². The van der Waals surface area contributed by atoms with E-state index in [0.717, 1.165) is 45.1 Å². The number of carbonyl (C=O) groups excluding carboxylic acids is 1. The molecule has 0 saturated carbocycles. The van der Waals surface area contributed by atoms with E-state index in [4.69, 9.17) is 18.9 Å². The lowest BCUT2D eigenvalue weighted by atomic mass is 10.0. The molecule has 0 aromatic carbocycles. The summed E-state index contributed by atoms with van der Waals surface area (Å²) >= 11 is 0. The maximum atomic E-state index is 15.3. The third-order valence-electron chi connectivity index (χ3n) is 7.92. The summed E-state index contributed by atoms with van der Waals surface area (Å²) in [5.41, 5.74) is -1.46. The van der Waals surface area contributed by atoms with Crippen molar-refractivity contribution in [3.63, 3.8) is 0 Å². The van der Waals surface area contributed by atoms with Crippen LogP contribution in [0.25, 0.3) is 0 Å². The smallest absolute Gasteiger partial charge is 0.410 e. The molecule has 3 saturated heterocycles. The molecule has 4 heterocycles. The maximum Gasteiger partial charge on any atom is 0.410 e. The molecule has 1 N–H and O–H groups in total. The van der Waals surface area contributed by atoms with Gasteiger partial charge in [0.2, 0.25) is 17.4 Å². The molecular formula is C32H45FN8O5. The minimum atomic E-state index is -1.63. The number of aromatic nitrogens is 1. The Morgan fingerprint density at radius 2 is 1.93 bits per heavy atom. The van der Waals surface area contributed by atoms with E-state index in [0.29, 0.717) is 17.7 Å². The van der Waals surface area contributed by atoms with Crippen molar-refractivity contribution in [2.24, 2.45) is 9.98 Å². The van der Waals surface area contributed by atoms with Crippen LogP contribution >= 0.6 is 0 Å². The Morgan fingerprint density at radius 3 is 2.48 bits per heavy atom. The maximum absolute atomic E-state index is 15.3. The van der Waals surface area contributed by atoms with Gasteiger partial charge in [-0.2, -0.15) is 10.2 Å². The molecule has 0 aliphatic carbocycles. The molecule has 0 bridgehead atoms. The number of methoxy groups -OCH3 is 1. The molecule has 1 unspecified atom stereocenters. The number of piperidine rings is 1. The third kappa shape index (κ3) is 8.52. The van der Waals surface area contributed by atoms with Gasteiger partial charge in [-0.05, 0) is 52.6 Å². The number of nitrogens with zero attached hydrogens (tertiary/aromatic N) is 7. The molecule has 250 valence electrons. The van der Waals surface area contributed by atoms with Crippen LogP contribution in [0.5, 0.6) is 5.88 Å². The highest BCUT2D eigenvalue weighted by Gasteiger charge is 2.39. The van der Waals surface area contributed by atoms with Gasteiger partial charge in [0.15, 0.2) is 6.17 Å². The number of carbonyl (C=O) groups is 1. The molecule has 3 atom stereocenters. The first-order chi connectivity index (χ1) is 21.9. The van der Waals surface area contributed by atoms with E-state index in [1.165, 1.54) is 24.0 Å². The predicted octanol–water partition coefficient (Wildman–Crippen LogP) is 3.80. The van der Waals surface area contributed by atoms with Crippen LogP contribution in [0.1, 0.15) is 34.1 Å². The van der Waals surface area contributed by atoms with E-state index in [1.54, 1.807) is 33.9 Å². The molecule has 3 fully saturated rings. The van der Waals surface area contributed by atoms with Crippen molar-refractivity contribution in [3.8, 4) is 11.9 Å². The summed E-state index contributed by atoms with van der Waals surface area (Å²) in [7, 11) is 1.56. The van der Waals surface area contributed by atoms with E-state index in [9.17, 15) is 10.1 Å². The van der Waals surface area contributed by atoms with Gasteiger partial charge >= 0.3 is 6.09 Å². The zero-order valence-electron chi connectivity index (χ0n) is 27.4. The Morgan fingerprint density at radius 1 is 1.22 bits per heavy atom. The summed E-state index contributed by atoms with van der Waals surface area (Å²) in [6, 6.07) is 6.33. The highest BCUT2D eigenvalue weighted by molar-refractivity contribution is 5.96.